The molecule has 7 nitrogen and oxygen atoms in total. The van der Waals surface area contributed by atoms with Gasteiger partial charge in [0.2, 0.25) is 0 Å². The van der Waals surface area contributed by atoms with Crippen LogP contribution in [0.3, 0.4) is 0 Å². The van der Waals surface area contributed by atoms with Gasteiger partial charge in [-0.25, -0.2) is 0 Å². The van der Waals surface area contributed by atoms with Crippen LogP contribution in [0.5, 0.6) is 0 Å². The number of thioether (sulfide) groups is 1. The van der Waals surface area contributed by atoms with Crippen molar-refractivity contribution in [3.63, 3.8) is 0 Å². The van der Waals surface area contributed by atoms with Crippen molar-refractivity contribution in [3.8, 4) is 0 Å². The van der Waals surface area contributed by atoms with Gasteiger partial charge in [0.25, 0.3) is 11.9 Å². The molecular formula is C13H18N4O3S. The summed E-state index contributed by atoms with van der Waals surface area (Å²) in [6.07, 6.45) is 2.32. The summed E-state index contributed by atoms with van der Waals surface area (Å²) < 4.78 is 5.35. The Morgan fingerprint density at radius 1 is 1.52 bits per heavy atom. The van der Waals surface area contributed by atoms with Crippen LogP contribution in [-0.4, -0.2) is 53.5 Å². The first-order valence-corrected chi connectivity index (χ1v) is 7.89. The zero-order valence-electron chi connectivity index (χ0n) is 11.8. The molecule has 1 amide bonds. The molecule has 8 heteroatoms. The van der Waals surface area contributed by atoms with Crippen molar-refractivity contribution >= 4 is 28.8 Å². The van der Waals surface area contributed by atoms with Gasteiger partial charge in [-0.15, -0.1) is 0 Å². The summed E-state index contributed by atoms with van der Waals surface area (Å²) >= 11 is 1.34. The maximum atomic E-state index is 12.0. The van der Waals surface area contributed by atoms with Crippen LogP contribution in [0.4, 0.5) is 6.01 Å². The SMILES string of the molecule is CC(=O)SC1CN(c2nc(C(=O)N[C@H]3CCNC3)co2)C1. The predicted octanol–water partition coefficient (Wildman–Crippen LogP) is 0.235. The standard InChI is InChI=1S/C13H18N4O3S/c1-8(18)21-10-5-17(6-10)13-16-11(7-20-13)12(19)15-9-2-3-14-4-9/h7,9-10,14H,2-6H2,1H3,(H,15,19)/t9-/m0/s1. The number of hydrogen-bond donors (Lipinski definition) is 2. The number of carbonyl (C=O) groups is 2. The minimum absolute atomic E-state index is 0.122. The molecule has 2 N–H and O–H groups in total. The van der Waals surface area contributed by atoms with Crippen molar-refractivity contribution in [3.05, 3.63) is 12.0 Å². The lowest BCUT2D eigenvalue weighted by Crippen LogP contribution is -2.49. The highest BCUT2D eigenvalue weighted by Crippen LogP contribution is 2.27. The van der Waals surface area contributed by atoms with Crippen LogP contribution in [0.1, 0.15) is 23.8 Å². The Balaban J connectivity index is 1.52. The number of hydrogen-bond acceptors (Lipinski definition) is 7. The summed E-state index contributed by atoms with van der Waals surface area (Å²) in [4.78, 5) is 29.2. The van der Waals surface area contributed by atoms with Crippen molar-refractivity contribution in [2.24, 2.45) is 0 Å². The monoisotopic (exact) mass is 310 g/mol. The molecule has 1 aromatic rings. The van der Waals surface area contributed by atoms with Gasteiger partial charge in [0.15, 0.2) is 10.8 Å². The van der Waals surface area contributed by atoms with Gasteiger partial charge >= 0.3 is 0 Å². The Kier molecular flexibility index (Phi) is 4.16. The van der Waals surface area contributed by atoms with Crippen molar-refractivity contribution in [2.75, 3.05) is 31.1 Å². The van der Waals surface area contributed by atoms with E-state index in [4.69, 9.17) is 4.42 Å². The van der Waals surface area contributed by atoms with Crippen LogP contribution in [0, 0.1) is 0 Å². The van der Waals surface area contributed by atoms with Crippen molar-refractivity contribution < 1.29 is 14.0 Å². The number of oxazole rings is 1. The number of nitrogens with zero attached hydrogens (tertiary/aromatic N) is 2. The summed E-state index contributed by atoms with van der Waals surface area (Å²) in [6, 6.07) is 0.614. The number of aromatic nitrogens is 1. The molecule has 1 aromatic heterocycles. The maximum absolute atomic E-state index is 12.0. The number of amides is 1. The Hall–Kier alpha value is -1.54. The van der Waals surface area contributed by atoms with E-state index in [9.17, 15) is 9.59 Å². The summed E-state index contributed by atoms with van der Waals surface area (Å²) in [7, 11) is 0. The van der Waals surface area contributed by atoms with E-state index in [2.05, 4.69) is 15.6 Å². The Labute approximate surface area is 126 Å². The Bertz CT molecular complexity index is 535. The molecule has 2 aliphatic rings. The lowest BCUT2D eigenvalue weighted by Gasteiger charge is -2.36. The quantitative estimate of drug-likeness (QED) is 0.823. The zero-order chi connectivity index (χ0) is 14.8. The molecule has 0 aromatic carbocycles. The normalized spacial score (nSPS) is 22.1. The van der Waals surface area contributed by atoms with Crippen molar-refractivity contribution in [1.29, 1.82) is 0 Å². The molecule has 0 bridgehead atoms. The van der Waals surface area contributed by atoms with E-state index >= 15 is 0 Å². The first-order chi connectivity index (χ1) is 10.1. The summed E-state index contributed by atoms with van der Waals surface area (Å²) in [5, 5.41) is 6.53. The fourth-order valence-corrected chi connectivity index (χ4v) is 3.43. The zero-order valence-corrected chi connectivity index (χ0v) is 12.6. The largest absolute Gasteiger partial charge is 0.431 e. The minimum atomic E-state index is -0.200. The van der Waals surface area contributed by atoms with Gasteiger partial charge in [0, 0.05) is 37.8 Å². The molecule has 2 fully saturated rings. The molecule has 0 unspecified atom stereocenters. The third kappa shape index (κ3) is 3.38. The molecule has 0 aliphatic carbocycles. The number of rotatable bonds is 4. The predicted molar refractivity (Wildman–Crippen MR) is 79.5 cm³/mol. The van der Waals surface area contributed by atoms with Gasteiger partial charge in [-0.05, 0) is 13.0 Å². The summed E-state index contributed by atoms with van der Waals surface area (Å²) in [5.74, 6) is -0.200. The van der Waals surface area contributed by atoms with Crippen LogP contribution in [0.2, 0.25) is 0 Å². The highest BCUT2D eigenvalue weighted by atomic mass is 32.2. The number of carbonyl (C=O) groups excluding carboxylic acids is 2. The van der Waals surface area contributed by atoms with Gasteiger partial charge in [-0.2, -0.15) is 4.98 Å². The average molecular weight is 310 g/mol. The lowest BCUT2D eigenvalue weighted by atomic mass is 10.2. The first-order valence-electron chi connectivity index (χ1n) is 7.01. The molecule has 21 heavy (non-hydrogen) atoms. The van der Waals surface area contributed by atoms with Crippen LogP contribution in [0.15, 0.2) is 10.7 Å². The molecule has 3 heterocycles. The Morgan fingerprint density at radius 2 is 2.33 bits per heavy atom. The molecule has 0 saturated carbocycles. The molecule has 2 aliphatic heterocycles. The first kappa shape index (κ1) is 14.4. The number of nitrogens with one attached hydrogen (secondary N) is 2. The van der Waals surface area contributed by atoms with E-state index in [1.165, 1.54) is 18.0 Å². The van der Waals surface area contributed by atoms with E-state index in [1.54, 1.807) is 6.92 Å². The second-order valence-corrected chi connectivity index (χ2v) is 6.79. The van der Waals surface area contributed by atoms with Crippen molar-refractivity contribution in [1.82, 2.24) is 15.6 Å². The third-order valence-electron chi connectivity index (χ3n) is 3.57. The van der Waals surface area contributed by atoms with Crippen LogP contribution in [-0.2, 0) is 4.79 Å². The molecular weight excluding hydrogens is 292 g/mol. The van der Waals surface area contributed by atoms with E-state index in [0.29, 0.717) is 11.7 Å². The fraction of sp³-hybridized carbons (Fsp3) is 0.615. The van der Waals surface area contributed by atoms with Gasteiger partial charge < -0.3 is 20.0 Å². The highest BCUT2D eigenvalue weighted by molar-refractivity contribution is 8.14. The second-order valence-electron chi connectivity index (χ2n) is 5.31. The van der Waals surface area contributed by atoms with Crippen LogP contribution < -0.4 is 15.5 Å². The molecule has 114 valence electrons. The van der Waals surface area contributed by atoms with E-state index < -0.39 is 0 Å². The van der Waals surface area contributed by atoms with E-state index in [0.717, 1.165) is 32.6 Å². The molecule has 0 radical (unpaired) electrons. The van der Waals surface area contributed by atoms with E-state index in [1.807, 2.05) is 4.90 Å². The van der Waals surface area contributed by atoms with Gasteiger partial charge in [0.1, 0.15) is 6.26 Å². The summed E-state index contributed by atoms with van der Waals surface area (Å²) in [6.45, 7) is 4.74. The maximum Gasteiger partial charge on any atom is 0.298 e. The average Bonchev–Trinajstić information content (AvgIpc) is 3.03. The smallest absolute Gasteiger partial charge is 0.298 e. The summed E-state index contributed by atoms with van der Waals surface area (Å²) in [5.41, 5.74) is 0.305. The second kappa shape index (κ2) is 6.07. The lowest BCUT2D eigenvalue weighted by molar-refractivity contribution is -0.109. The van der Waals surface area contributed by atoms with E-state index in [-0.39, 0.29) is 22.3 Å². The molecule has 2 saturated heterocycles. The topological polar surface area (TPSA) is 87.5 Å². The number of anilines is 1. The minimum Gasteiger partial charge on any atom is -0.431 e. The van der Waals surface area contributed by atoms with Gasteiger partial charge in [-0.3, -0.25) is 9.59 Å². The van der Waals surface area contributed by atoms with Crippen LogP contribution in [0.25, 0.3) is 0 Å². The van der Waals surface area contributed by atoms with Gasteiger partial charge in [-0.1, -0.05) is 11.8 Å². The van der Waals surface area contributed by atoms with Crippen LogP contribution >= 0.6 is 11.8 Å². The molecule has 1 atom stereocenters. The Morgan fingerprint density at radius 3 is 3.00 bits per heavy atom. The van der Waals surface area contributed by atoms with Gasteiger partial charge in [0.05, 0.1) is 0 Å². The molecule has 3 rings (SSSR count). The highest BCUT2D eigenvalue weighted by Gasteiger charge is 2.32. The van der Waals surface area contributed by atoms with Crippen molar-refractivity contribution in [2.45, 2.75) is 24.6 Å². The fourth-order valence-electron chi connectivity index (χ4n) is 2.45. The molecule has 0 spiro atoms. The third-order valence-corrected chi connectivity index (χ3v) is 4.53.